The maximum Gasteiger partial charge on any atom is 0.333 e. The van der Waals surface area contributed by atoms with Crippen LogP contribution in [0.3, 0.4) is 0 Å². The second-order valence-electron chi connectivity index (χ2n) is 7.33. The summed E-state index contributed by atoms with van der Waals surface area (Å²) in [6.45, 7) is 13.7. The summed E-state index contributed by atoms with van der Waals surface area (Å²) in [6, 6.07) is -0.257. The molecule has 0 aliphatic rings. The van der Waals surface area contributed by atoms with Crippen LogP contribution in [0.2, 0.25) is 0 Å². The first kappa shape index (κ1) is 25.1. The summed E-state index contributed by atoms with van der Waals surface area (Å²) in [5.41, 5.74) is 0.0534. The van der Waals surface area contributed by atoms with E-state index in [9.17, 15) is 14.4 Å². The summed E-state index contributed by atoms with van der Waals surface area (Å²) in [6.07, 6.45) is 3.99. The first-order valence-corrected chi connectivity index (χ1v) is 9.99. The van der Waals surface area contributed by atoms with E-state index in [1.165, 1.54) is 0 Å². The topological polar surface area (TPSA) is 75.7 Å². The lowest BCUT2D eigenvalue weighted by atomic mass is 9.79. The molecular weight excluding hydrogens is 344 g/mol. The van der Waals surface area contributed by atoms with Crippen molar-refractivity contribution in [1.82, 2.24) is 10.2 Å². The molecule has 0 aliphatic heterocycles. The lowest BCUT2D eigenvalue weighted by Gasteiger charge is -2.31. The highest BCUT2D eigenvalue weighted by Crippen LogP contribution is 2.30. The molecule has 0 aromatic carbocycles. The van der Waals surface area contributed by atoms with E-state index in [1.807, 2.05) is 34.6 Å². The van der Waals surface area contributed by atoms with E-state index in [2.05, 4.69) is 5.32 Å². The van der Waals surface area contributed by atoms with Crippen LogP contribution in [0.4, 0.5) is 0 Å². The third-order valence-electron chi connectivity index (χ3n) is 5.45. The van der Waals surface area contributed by atoms with E-state index >= 15 is 0 Å². The van der Waals surface area contributed by atoms with Crippen LogP contribution in [-0.2, 0) is 19.1 Å². The summed E-state index contributed by atoms with van der Waals surface area (Å²) in [5, 5.41) is 2.80. The normalized spacial score (nSPS) is 13.3. The first-order valence-electron chi connectivity index (χ1n) is 9.99. The van der Waals surface area contributed by atoms with E-state index in [-0.39, 0.29) is 36.3 Å². The molecule has 6 nitrogen and oxygen atoms in total. The molecular formula is C21H38N2O4. The lowest BCUT2D eigenvalue weighted by Crippen LogP contribution is -2.48. The fraction of sp³-hybridized carbons (Fsp3) is 0.762. The van der Waals surface area contributed by atoms with Gasteiger partial charge in [-0.2, -0.15) is 0 Å². The molecule has 0 rings (SSSR count). The highest BCUT2D eigenvalue weighted by atomic mass is 16.5. The van der Waals surface area contributed by atoms with Gasteiger partial charge in [0.05, 0.1) is 19.2 Å². The molecule has 0 bridgehead atoms. The molecule has 1 atom stereocenters. The number of carbonyl (C=O) groups is 3. The quantitative estimate of drug-likeness (QED) is 0.439. The summed E-state index contributed by atoms with van der Waals surface area (Å²) in [7, 11) is 1.70. The minimum atomic E-state index is -0.420. The predicted octanol–water partition coefficient (Wildman–Crippen LogP) is 3.31. The highest BCUT2D eigenvalue weighted by Gasteiger charge is 2.33. The molecule has 0 unspecified atom stereocenters. The van der Waals surface area contributed by atoms with Gasteiger partial charge in [-0.1, -0.05) is 40.7 Å². The Labute approximate surface area is 164 Å². The summed E-state index contributed by atoms with van der Waals surface area (Å²) < 4.78 is 5.01. The van der Waals surface area contributed by atoms with Crippen molar-refractivity contribution in [3.05, 3.63) is 11.6 Å². The zero-order chi connectivity index (χ0) is 21.2. The Balaban J connectivity index is 5.13. The number of carbonyl (C=O) groups excluding carboxylic acids is 3. The van der Waals surface area contributed by atoms with Gasteiger partial charge in [0, 0.05) is 18.0 Å². The number of amides is 2. The number of nitrogens with one attached hydrogen (secondary N) is 1. The van der Waals surface area contributed by atoms with Crippen LogP contribution in [0.5, 0.6) is 0 Å². The van der Waals surface area contributed by atoms with Crippen LogP contribution < -0.4 is 5.32 Å². The standard InChI is InChI=1S/C21H38N2O4/c1-9-21(10-2,11-3)20(26)22-14-18(24)23(8)17(15(5)6)13-16(7)19(25)27-12-4/h13,15,17H,9-12,14H2,1-8H3,(H,22,26)/b16-13+/t17-/m1/s1. The van der Waals surface area contributed by atoms with Crippen LogP contribution in [0.15, 0.2) is 11.6 Å². The second-order valence-corrected chi connectivity index (χ2v) is 7.33. The number of rotatable bonds is 11. The second kappa shape index (κ2) is 11.8. The molecule has 0 heterocycles. The van der Waals surface area contributed by atoms with E-state index in [1.54, 1.807) is 31.9 Å². The first-order chi connectivity index (χ1) is 12.6. The number of esters is 1. The minimum Gasteiger partial charge on any atom is -0.463 e. The van der Waals surface area contributed by atoms with E-state index in [0.29, 0.717) is 12.2 Å². The molecule has 0 radical (unpaired) electrons. The van der Waals surface area contributed by atoms with E-state index in [4.69, 9.17) is 4.74 Å². The highest BCUT2D eigenvalue weighted by molar-refractivity contribution is 5.89. The van der Waals surface area contributed by atoms with Crippen LogP contribution >= 0.6 is 0 Å². The van der Waals surface area contributed by atoms with Crippen LogP contribution in [0.25, 0.3) is 0 Å². The molecule has 1 N–H and O–H groups in total. The van der Waals surface area contributed by atoms with Gasteiger partial charge in [-0.05, 0) is 39.0 Å². The van der Waals surface area contributed by atoms with Crippen molar-refractivity contribution in [2.24, 2.45) is 11.3 Å². The van der Waals surface area contributed by atoms with Crippen molar-refractivity contribution in [3.8, 4) is 0 Å². The maximum absolute atomic E-state index is 12.6. The SMILES string of the molecule is CCOC(=O)/C(C)=C/[C@H](C(C)C)N(C)C(=O)CNC(=O)C(CC)(CC)CC. The van der Waals surface area contributed by atoms with Gasteiger partial charge in [0.15, 0.2) is 0 Å². The third kappa shape index (κ3) is 7.00. The predicted molar refractivity (Wildman–Crippen MR) is 108 cm³/mol. The molecule has 0 aliphatic carbocycles. The summed E-state index contributed by atoms with van der Waals surface area (Å²) >= 11 is 0. The van der Waals surface area contributed by atoms with Gasteiger partial charge in [0.2, 0.25) is 11.8 Å². The van der Waals surface area contributed by atoms with Gasteiger partial charge in [-0.3, -0.25) is 9.59 Å². The number of hydrogen-bond donors (Lipinski definition) is 1. The Morgan fingerprint density at radius 2 is 1.59 bits per heavy atom. The van der Waals surface area contributed by atoms with Gasteiger partial charge < -0.3 is 15.0 Å². The van der Waals surface area contributed by atoms with Crippen molar-refractivity contribution >= 4 is 17.8 Å². The van der Waals surface area contributed by atoms with E-state index in [0.717, 1.165) is 19.3 Å². The van der Waals surface area contributed by atoms with Crippen molar-refractivity contribution in [1.29, 1.82) is 0 Å². The number of nitrogens with zero attached hydrogens (tertiary/aromatic N) is 1. The fourth-order valence-electron chi connectivity index (χ4n) is 3.19. The van der Waals surface area contributed by atoms with Crippen molar-refractivity contribution in [2.45, 2.75) is 73.8 Å². The molecule has 6 heteroatoms. The fourth-order valence-corrected chi connectivity index (χ4v) is 3.19. The summed E-state index contributed by atoms with van der Waals surface area (Å²) in [4.78, 5) is 38.7. The molecule has 0 aromatic heterocycles. The molecule has 0 saturated carbocycles. The minimum absolute atomic E-state index is 0.0490. The van der Waals surface area contributed by atoms with Crippen LogP contribution in [0, 0.1) is 11.3 Å². The van der Waals surface area contributed by atoms with E-state index < -0.39 is 5.41 Å². The van der Waals surface area contributed by atoms with Crippen molar-refractivity contribution < 1.29 is 19.1 Å². The van der Waals surface area contributed by atoms with Gasteiger partial charge in [-0.15, -0.1) is 0 Å². The molecule has 0 fully saturated rings. The Hall–Kier alpha value is -1.85. The van der Waals surface area contributed by atoms with Gasteiger partial charge >= 0.3 is 5.97 Å². The van der Waals surface area contributed by atoms with Crippen LogP contribution in [-0.4, -0.2) is 48.9 Å². The van der Waals surface area contributed by atoms with Crippen molar-refractivity contribution in [2.75, 3.05) is 20.2 Å². The number of ether oxygens (including phenoxy) is 1. The average molecular weight is 383 g/mol. The molecule has 2 amide bonds. The Kier molecular flexibility index (Phi) is 11.0. The van der Waals surface area contributed by atoms with Gasteiger partial charge in [0.25, 0.3) is 0 Å². The largest absolute Gasteiger partial charge is 0.463 e. The van der Waals surface area contributed by atoms with Crippen molar-refractivity contribution in [3.63, 3.8) is 0 Å². The Morgan fingerprint density at radius 3 is 2.00 bits per heavy atom. The number of hydrogen-bond acceptors (Lipinski definition) is 4. The Morgan fingerprint density at radius 1 is 1.07 bits per heavy atom. The molecule has 0 spiro atoms. The lowest BCUT2D eigenvalue weighted by molar-refractivity contribution is -0.138. The zero-order valence-corrected chi connectivity index (χ0v) is 18.3. The van der Waals surface area contributed by atoms with Crippen LogP contribution in [0.1, 0.15) is 67.7 Å². The molecule has 27 heavy (non-hydrogen) atoms. The number of likely N-dealkylation sites (N-methyl/N-ethyl adjacent to an activating group) is 1. The average Bonchev–Trinajstić information content (AvgIpc) is 2.65. The monoisotopic (exact) mass is 382 g/mol. The smallest absolute Gasteiger partial charge is 0.333 e. The summed E-state index contributed by atoms with van der Waals surface area (Å²) in [5.74, 6) is -0.528. The molecule has 0 saturated heterocycles. The molecule has 156 valence electrons. The van der Waals surface area contributed by atoms with Gasteiger partial charge in [0.1, 0.15) is 0 Å². The Bertz CT molecular complexity index is 528. The third-order valence-corrected chi connectivity index (χ3v) is 5.45. The molecule has 0 aromatic rings. The zero-order valence-electron chi connectivity index (χ0n) is 18.3. The maximum atomic E-state index is 12.6. The van der Waals surface area contributed by atoms with Gasteiger partial charge in [-0.25, -0.2) is 4.79 Å².